The summed E-state index contributed by atoms with van der Waals surface area (Å²) in [5.41, 5.74) is 2.99. The molecule has 30 heavy (non-hydrogen) atoms. The van der Waals surface area contributed by atoms with Gasteiger partial charge in [0, 0.05) is 44.5 Å². The van der Waals surface area contributed by atoms with Gasteiger partial charge in [0.2, 0.25) is 5.01 Å². The minimum Gasteiger partial charge on any atom is -0.361 e. The maximum Gasteiger partial charge on any atom is 0.286 e. The lowest BCUT2D eigenvalue weighted by Crippen LogP contribution is -2.45. The zero-order valence-electron chi connectivity index (χ0n) is 17.3. The summed E-state index contributed by atoms with van der Waals surface area (Å²) in [6, 6.07) is 9.85. The van der Waals surface area contributed by atoms with Crippen molar-refractivity contribution in [3.05, 3.63) is 57.4 Å². The summed E-state index contributed by atoms with van der Waals surface area (Å²) in [5.74, 6) is 0.633. The summed E-state index contributed by atoms with van der Waals surface area (Å²) >= 11 is 1.36. The summed E-state index contributed by atoms with van der Waals surface area (Å²) in [7, 11) is 0. The van der Waals surface area contributed by atoms with E-state index in [-0.39, 0.29) is 5.91 Å². The van der Waals surface area contributed by atoms with E-state index in [4.69, 9.17) is 4.52 Å². The molecule has 1 N–H and O–H groups in total. The highest BCUT2D eigenvalue weighted by atomic mass is 32.1. The van der Waals surface area contributed by atoms with Crippen LogP contribution in [0.15, 0.2) is 34.9 Å². The number of nitrogens with one attached hydrogen (secondary N) is 1. The molecule has 8 nitrogen and oxygen atoms in total. The van der Waals surface area contributed by atoms with E-state index in [9.17, 15) is 4.79 Å². The van der Waals surface area contributed by atoms with Crippen molar-refractivity contribution < 1.29 is 9.32 Å². The molecule has 0 unspecified atom stereocenters. The second kappa shape index (κ2) is 9.46. The fraction of sp³-hybridized carbons (Fsp3) is 0.429. The van der Waals surface area contributed by atoms with Crippen LogP contribution < -0.4 is 5.32 Å². The van der Waals surface area contributed by atoms with Crippen molar-refractivity contribution in [2.45, 2.75) is 33.4 Å². The van der Waals surface area contributed by atoms with E-state index < -0.39 is 0 Å². The molecule has 1 fully saturated rings. The second-order valence-corrected chi connectivity index (χ2v) is 8.55. The molecule has 0 bridgehead atoms. The lowest BCUT2D eigenvalue weighted by Gasteiger charge is -2.33. The molecule has 9 heteroatoms. The van der Waals surface area contributed by atoms with Crippen molar-refractivity contribution in [2.75, 3.05) is 31.5 Å². The van der Waals surface area contributed by atoms with Crippen molar-refractivity contribution in [3.8, 4) is 0 Å². The zero-order chi connectivity index (χ0) is 20.9. The Balaban J connectivity index is 1.25. The number of piperazine rings is 1. The number of aromatic nitrogens is 3. The number of nitrogens with zero attached hydrogens (tertiary/aromatic N) is 5. The van der Waals surface area contributed by atoms with Gasteiger partial charge in [-0.3, -0.25) is 14.6 Å². The summed E-state index contributed by atoms with van der Waals surface area (Å²) in [4.78, 5) is 17.2. The van der Waals surface area contributed by atoms with E-state index in [2.05, 4.69) is 37.4 Å². The van der Waals surface area contributed by atoms with Crippen LogP contribution in [-0.2, 0) is 19.5 Å². The van der Waals surface area contributed by atoms with Crippen LogP contribution in [0, 0.1) is 6.92 Å². The predicted molar refractivity (Wildman–Crippen MR) is 115 cm³/mol. The molecule has 3 heterocycles. The van der Waals surface area contributed by atoms with Gasteiger partial charge in [-0.2, -0.15) is 0 Å². The monoisotopic (exact) mass is 426 g/mol. The summed E-state index contributed by atoms with van der Waals surface area (Å²) < 4.78 is 5.14. The molecule has 3 aromatic rings. The minimum absolute atomic E-state index is 0.212. The Kier molecular flexibility index (Phi) is 6.51. The van der Waals surface area contributed by atoms with E-state index in [1.54, 1.807) is 0 Å². The van der Waals surface area contributed by atoms with Gasteiger partial charge in [0.1, 0.15) is 10.8 Å². The number of anilines is 1. The minimum atomic E-state index is -0.212. The zero-order valence-corrected chi connectivity index (χ0v) is 18.1. The standard InChI is InChI=1S/C21H26N6O2S/c1-3-16-4-6-17(7-5-16)22-20(28)21-24-23-19(30-21)14-27-10-8-26(9-11-27)13-18-12-15(2)29-25-18/h4-7,12H,3,8-11,13-14H2,1-2H3,(H,22,28). The van der Waals surface area contributed by atoms with E-state index in [0.29, 0.717) is 11.6 Å². The number of aryl methyl sites for hydroxylation is 2. The predicted octanol–water partition coefficient (Wildman–Crippen LogP) is 2.97. The SMILES string of the molecule is CCc1ccc(NC(=O)c2nnc(CN3CCN(Cc4cc(C)on4)CC3)s2)cc1. The molecule has 1 aliphatic rings. The Bertz CT molecular complexity index is 976. The van der Waals surface area contributed by atoms with Crippen LogP contribution in [0.4, 0.5) is 5.69 Å². The molecule has 158 valence electrons. The molecule has 2 aromatic heterocycles. The van der Waals surface area contributed by atoms with Crippen LogP contribution in [0.1, 0.15) is 38.8 Å². The van der Waals surface area contributed by atoms with Gasteiger partial charge >= 0.3 is 0 Å². The molecular formula is C21H26N6O2S. The molecule has 0 radical (unpaired) electrons. The number of rotatable bonds is 7. The molecular weight excluding hydrogens is 400 g/mol. The maximum absolute atomic E-state index is 12.5. The Morgan fingerprint density at radius 2 is 1.80 bits per heavy atom. The van der Waals surface area contributed by atoms with Gasteiger partial charge in [0.15, 0.2) is 0 Å². The largest absolute Gasteiger partial charge is 0.361 e. The molecule has 0 saturated carbocycles. The van der Waals surface area contributed by atoms with Gasteiger partial charge in [0.05, 0.1) is 12.2 Å². The fourth-order valence-corrected chi connectivity index (χ4v) is 4.21. The Morgan fingerprint density at radius 3 is 2.43 bits per heavy atom. The Labute approximate surface area is 179 Å². The van der Waals surface area contributed by atoms with Gasteiger partial charge in [-0.25, -0.2) is 0 Å². The van der Waals surface area contributed by atoms with E-state index in [1.165, 1.54) is 16.9 Å². The number of carbonyl (C=O) groups excluding carboxylic acids is 1. The van der Waals surface area contributed by atoms with Crippen LogP contribution in [-0.4, -0.2) is 57.2 Å². The Hall–Kier alpha value is -2.62. The van der Waals surface area contributed by atoms with Gasteiger partial charge < -0.3 is 9.84 Å². The summed E-state index contributed by atoms with van der Waals surface area (Å²) in [5, 5.41) is 16.5. The third kappa shape index (κ3) is 5.29. The number of carbonyl (C=O) groups is 1. The maximum atomic E-state index is 12.5. The normalized spacial score (nSPS) is 15.4. The topological polar surface area (TPSA) is 87.4 Å². The first-order chi connectivity index (χ1) is 14.6. The van der Waals surface area contributed by atoms with Crippen molar-refractivity contribution >= 4 is 22.9 Å². The molecule has 0 aliphatic carbocycles. The van der Waals surface area contributed by atoms with Gasteiger partial charge in [-0.15, -0.1) is 10.2 Å². The van der Waals surface area contributed by atoms with Crippen LogP contribution in [0.25, 0.3) is 0 Å². The molecule has 0 atom stereocenters. The number of benzene rings is 1. The number of amides is 1. The van der Waals surface area contributed by atoms with E-state index in [1.807, 2.05) is 37.3 Å². The number of hydrogen-bond donors (Lipinski definition) is 1. The van der Waals surface area contributed by atoms with Crippen LogP contribution in [0.5, 0.6) is 0 Å². The Morgan fingerprint density at radius 1 is 1.10 bits per heavy atom. The first-order valence-electron chi connectivity index (χ1n) is 10.2. The molecule has 1 aromatic carbocycles. The van der Waals surface area contributed by atoms with Crippen LogP contribution in [0.2, 0.25) is 0 Å². The highest BCUT2D eigenvalue weighted by Crippen LogP contribution is 2.17. The lowest BCUT2D eigenvalue weighted by atomic mass is 10.1. The molecule has 0 spiro atoms. The highest BCUT2D eigenvalue weighted by Gasteiger charge is 2.20. The lowest BCUT2D eigenvalue weighted by molar-refractivity contribution is 0.102. The summed E-state index contributed by atoms with van der Waals surface area (Å²) in [6.07, 6.45) is 0.974. The molecule has 1 amide bonds. The van der Waals surface area contributed by atoms with Crippen molar-refractivity contribution in [3.63, 3.8) is 0 Å². The van der Waals surface area contributed by atoms with Crippen molar-refractivity contribution in [1.82, 2.24) is 25.2 Å². The summed E-state index contributed by atoms with van der Waals surface area (Å²) in [6.45, 7) is 9.36. The first-order valence-corrected chi connectivity index (χ1v) is 11.0. The molecule has 1 saturated heterocycles. The number of hydrogen-bond acceptors (Lipinski definition) is 8. The van der Waals surface area contributed by atoms with Crippen molar-refractivity contribution in [1.29, 1.82) is 0 Å². The van der Waals surface area contributed by atoms with Gasteiger partial charge in [0.25, 0.3) is 5.91 Å². The van der Waals surface area contributed by atoms with Gasteiger partial charge in [-0.05, 0) is 31.0 Å². The average Bonchev–Trinajstić information content (AvgIpc) is 3.39. The highest BCUT2D eigenvalue weighted by molar-refractivity contribution is 7.13. The molecule has 1 aliphatic heterocycles. The first kappa shape index (κ1) is 20.6. The van der Waals surface area contributed by atoms with Crippen LogP contribution in [0.3, 0.4) is 0 Å². The fourth-order valence-electron chi connectivity index (χ4n) is 3.44. The van der Waals surface area contributed by atoms with E-state index >= 15 is 0 Å². The third-order valence-electron chi connectivity index (χ3n) is 5.17. The average molecular weight is 427 g/mol. The molecule has 4 rings (SSSR count). The van der Waals surface area contributed by atoms with Gasteiger partial charge in [-0.1, -0.05) is 35.5 Å². The second-order valence-electron chi connectivity index (χ2n) is 7.49. The van der Waals surface area contributed by atoms with Crippen LogP contribution >= 0.6 is 11.3 Å². The third-order valence-corrected chi connectivity index (χ3v) is 6.07. The smallest absolute Gasteiger partial charge is 0.286 e. The van der Waals surface area contributed by atoms with E-state index in [0.717, 1.165) is 61.3 Å². The quantitative estimate of drug-likeness (QED) is 0.621. The van der Waals surface area contributed by atoms with Crippen molar-refractivity contribution in [2.24, 2.45) is 0 Å².